The number of rotatable bonds is 13. The van der Waals surface area contributed by atoms with Gasteiger partial charge in [0.2, 0.25) is 11.8 Å². The van der Waals surface area contributed by atoms with E-state index in [4.69, 9.17) is 11.6 Å². The van der Waals surface area contributed by atoms with Crippen LogP contribution in [0.15, 0.2) is 114 Å². The number of halogens is 2. The number of sulfonamides is 1. The molecule has 10 heteroatoms. The molecule has 2 atom stereocenters. The highest BCUT2D eigenvalue weighted by molar-refractivity contribution is 7.92. The summed E-state index contributed by atoms with van der Waals surface area (Å²) in [5.41, 5.74) is 1.67. The minimum atomic E-state index is -4.32. The molecule has 4 rings (SSSR count). The summed E-state index contributed by atoms with van der Waals surface area (Å²) in [5, 5.41) is 3.41. The van der Waals surface area contributed by atoms with Gasteiger partial charge in [0.25, 0.3) is 10.0 Å². The largest absolute Gasteiger partial charge is 0.352 e. The van der Waals surface area contributed by atoms with E-state index in [-0.39, 0.29) is 35.5 Å². The average molecular weight is 636 g/mol. The third-order valence-corrected chi connectivity index (χ3v) is 9.45. The lowest BCUT2D eigenvalue weighted by Gasteiger charge is -2.34. The molecule has 0 heterocycles. The Bertz CT molecular complexity index is 1660. The number of hydrogen-bond donors (Lipinski definition) is 1. The zero-order chi connectivity index (χ0) is 31.7. The van der Waals surface area contributed by atoms with E-state index >= 15 is 0 Å². The number of hydrogen-bond acceptors (Lipinski definition) is 4. The molecule has 1 N–H and O–H groups in total. The van der Waals surface area contributed by atoms with Crippen molar-refractivity contribution < 1.29 is 22.4 Å². The molecule has 0 saturated heterocycles. The van der Waals surface area contributed by atoms with Crippen LogP contribution in [0.1, 0.15) is 31.4 Å². The highest BCUT2D eigenvalue weighted by Gasteiger charge is 2.35. The van der Waals surface area contributed by atoms with Crippen molar-refractivity contribution in [2.24, 2.45) is 0 Å². The van der Waals surface area contributed by atoms with Crippen LogP contribution in [0.25, 0.3) is 0 Å². The van der Waals surface area contributed by atoms with Crippen molar-refractivity contribution in [3.8, 4) is 0 Å². The van der Waals surface area contributed by atoms with Crippen molar-refractivity contribution in [3.05, 3.63) is 131 Å². The number of benzene rings is 4. The topological polar surface area (TPSA) is 86.8 Å². The Hall–Kier alpha value is -4.21. The van der Waals surface area contributed by atoms with Gasteiger partial charge in [0, 0.05) is 24.0 Å². The summed E-state index contributed by atoms with van der Waals surface area (Å²) in [4.78, 5) is 29.5. The Morgan fingerprint density at radius 1 is 0.864 bits per heavy atom. The number of nitrogens with zero attached hydrogens (tertiary/aromatic N) is 2. The number of nitrogens with one attached hydrogen (secondary N) is 1. The van der Waals surface area contributed by atoms with Crippen LogP contribution in [0, 0.1) is 5.82 Å². The van der Waals surface area contributed by atoms with Crippen LogP contribution in [0.5, 0.6) is 0 Å². The standard InChI is InChI=1S/C34H35ClFN3O4S/c1-3-25(2)37-34(41)32(22-26-12-6-4-7-13-26)38(23-27-14-10-11-17-31(27)35)33(40)24-39(29-15-8-5-9-16-29)44(42,43)30-20-18-28(36)19-21-30/h4-21,25,32H,3,22-24H2,1-2H3,(H,37,41). The van der Waals surface area contributed by atoms with Crippen molar-refractivity contribution >= 4 is 39.1 Å². The van der Waals surface area contributed by atoms with Gasteiger partial charge in [0.05, 0.1) is 10.6 Å². The van der Waals surface area contributed by atoms with E-state index in [0.717, 1.165) is 34.1 Å². The molecule has 0 bridgehead atoms. The fraction of sp³-hybridized carbons (Fsp3) is 0.235. The molecule has 4 aromatic carbocycles. The lowest BCUT2D eigenvalue weighted by molar-refractivity contribution is -0.140. The van der Waals surface area contributed by atoms with E-state index in [1.165, 1.54) is 4.90 Å². The molecule has 2 amide bonds. The first-order valence-corrected chi connectivity index (χ1v) is 16.1. The molecule has 0 aliphatic heterocycles. The Kier molecular flexibility index (Phi) is 11.1. The van der Waals surface area contributed by atoms with Crippen molar-refractivity contribution in [2.75, 3.05) is 10.8 Å². The minimum absolute atomic E-state index is 0.0385. The third-order valence-electron chi connectivity index (χ3n) is 7.30. The molecule has 7 nitrogen and oxygen atoms in total. The second-order valence-electron chi connectivity index (χ2n) is 10.4. The molecule has 0 fully saturated rings. The molecular formula is C34H35ClFN3O4S. The lowest BCUT2D eigenvalue weighted by Crippen LogP contribution is -2.54. The molecule has 230 valence electrons. The zero-order valence-corrected chi connectivity index (χ0v) is 26.1. The summed E-state index contributed by atoms with van der Waals surface area (Å²) in [7, 11) is -4.32. The first-order chi connectivity index (χ1) is 21.1. The molecule has 44 heavy (non-hydrogen) atoms. The van der Waals surface area contributed by atoms with Gasteiger partial charge >= 0.3 is 0 Å². The second kappa shape index (κ2) is 15.0. The van der Waals surface area contributed by atoms with E-state index < -0.39 is 34.3 Å². The highest BCUT2D eigenvalue weighted by Crippen LogP contribution is 2.26. The van der Waals surface area contributed by atoms with Gasteiger partial charge in [-0.05, 0) is 66.9 Å². The normalized spacial score (nSPS) is 12.6. The molecule has 0 radical (unpaired) electrons. The molecule has 0 spiro atoms. The van der Waals surface area contributed by atoms with Gasteiger partial charge in [-0.1, -0.05) is 85.3 Å². The predicted octanol–water partition coefficient (Wildman–Crippen LogP) is 6.23. The van der Waals surface area contributed by atoms with Crippen molar-refractivity contribution in [1.29, 1.82) is 0 Å². The lowest BCUT2D eigenvalue weighted by atomic mass is 10.0. The fourth-order valence-electron chi connectivity index (χ4n) is 4.66. The van der Waals surface area contributed by atoms with Gasteiger partial charge in [-0.3, -0.25) is 13.9 Å². The minimum Gasteiger partial charge on any atom is -0.352 e. The second-order valence-corrected chi connectivity index (χ2v) is 12.7. The van der Waals surface area contributed by atoms with E-state index in [0.29, 0.717) is 17.0 Å². The van der Waals surface area contributed by atoms with Crippen molar-refractivity contribution in [2.45, 2.75) is 50.2 Å². The number of amides is 2. The summed E-state index contributed by atoms with van der Waals surface area (Å²) in [6, 6.07) is 27.8. The summed E-state index contributed by atoms with van der Waals surface area (Å²) >= 11 is 6.52. The van der Waals surface area contributed by atoms with Gasteiger partial charge in [0.1, 0.15) is 18.4 Å². The Morgan fingerprint density at radius 2 is 1.45 bits per heavy atom. The summed E-state index contributed by atoms with van der Waals surface area (Å²) in [6.07, 6.45) is 0.870. The molecule has 2 unspecified atom stereocenters. The number of carbonyl (C=O) groups is 2. The molecule has 0 aliphatic carbocycles. The van der Waals surface area contributed by atoms with Gasteiger partial charge in [-0.15, -0.1) is 0 Å². The van der Waals surface area contributed by atoms with E-state index in [1.807, 2.05) is 44.2 Å². The fourth-order valence-corrected chi connectivity index (χ4v) is 6.27. The zero-order valence-electron chi connectivity index (χ0n) is 24.6. The first-order valence-electron chi connectivity index (χ1n) is 14.3. The number of anilines is 1. The van der Waals surface area contributed by atoms with Crippen LogP contribution in [0.2, 0.25) is 5.02 Å². The van der Waals surface area contributed by atoms with Gasteiger partial charge < -0.3 is 10.2 Å². The number of para-hydroxylation sites is 1. The Balaban J connectivity index is 1.80. The maximum atomic E-state index is 14.4. The van der Waals surface area contributed by atoms with Gasteiger partial charge in [-0.2, -0.15) is 0 Å². The third kappa shape index (κ3) is 8.24. The van der Waals surface area contributed by atoms with Crippen LogP contribution in [-0.2, 0) is 32.6 Å². The molecule has 0 aliphatic rings. The maximum Gasteiger partial charge on any atom is 0.264 e. The summed E-state index contributed by atoms with van der Waals surface area (Å²) < 4.78 is 42.5. The van der Waals surface area contributed by atoms with Crippen molar-refractivity contribution in [3.63, 3.8) is 0 Å². The van der Waals surface area contributed by atoms with Crippen LogP contribution < -0.4 is 9.62 Å². The Morgan fingerprint density at radius 3 is 2.07 bits per heavy atom. The quantitative estimate of drug-likeness (QED) is 0.189. The number of carbonyl (C=O) groups excluding carboxylic acids is 2. The highest BCUT2D eigenvalue weighted by atomic mass is 35.5. The molecule has 0 saturated carbocycles. The first kappa shape index (κ1) is 32.7. The molecule has 0 aromatic heterocycles. The van der Waals surface area contributed by atoms with E-state index in [9.17, 15) is 22.4 Å². The summed E-state index contributed by atoms with van der Waals surface area (Å²) in [6.45, 7) is 3.17. The summed E-state index contributed by atoms with van der Waals surface area (Å²) in [5.74, 6) is -1.57. The van der Waals surface area contributed by atoms with Crippen LogP contribution in [-0.4, -0.2) is 43.8 Å². The van der Waals surface area contributed by atoms with Crippen LogP contribution in [0.4, 0.5) is 10.1 Å². The van der Waals surface area contributed by atoms with E-state index in [1.54, 1.807) is 54.6 Å². The monoisotopic (exact) mass is 635 g/mol. The van der Waals surface area contributed by atoms with Crippen LogP contribution >= 0.6 is 11.6 Å². The van der Waals surface area contributed by atoms with E-state index in [2.05, 4.69) is 5.32 Å². The Labute approximate surface area is 263 Å². The maximum absolute atomic E-state index is 14.4. The SMILES string of the molecule is CCC(C)NC(=O)C(Cc1ccccc1)N(Cc1ccccc1Cl)C(=O)CN(c1ccccc1)S(=O)(=O)c1ccc(F)cc1. The predicted molar refractivity (Wildman–Crippen MR) is 171 cm³/mol. The van der Waals surface area contributed by atoms with Gasteiger partial charge in [-0.25, -0.2) is 12.8 Å². The van der Waals surface area contributed by atoms with Crippen LogP contribution in [0.3, 0.4) is 0 Å². The van der Waals surface area contributed by atoms with Crippen molar-refractivity contribution in [1.82, 2.24) is 10.2 Å². The average Bonchev–Trinajstić information content (AvgIpc) is 3.03. The molecule has 4 aromatic rings. The van der Waals surface area contributed by atoms with Gasteiger partial charge in [0.15, 0.2) is 0 Å². The smallest absolute Gasteiger partial charge is 0.264 e. The molecular weight excluding hydrogens is 601 g/mol.